The largest absolute Gasteiger partial charge is 0.494 e. The molecule has 88 valence electrons. The lowest BCUT2D eigenvalue weighted by Crippen LogP contribution is -2.26. The van der Waals surface area contributed by atoms with Crippen molar-refractivity contribution in [3.63, 3.8) is 0 Å². The van der Waals surface area contributed by atoms with Crippen LogP contribution in [0.3, 0.4) is 0 Å². The highest BCUT2D eigenvalue weighted by molar-refractivity contribution is 5.94. The fourth-order valence-corrected chi connectivity index (χ4v) is 1.38. The number of amides is 1. The zero-order valence-corrected chi connectivity index (χ0v) is 9.62. The molecule has 0 saturated heterocycles. The van der Waals surface area contributed by atoms with Crippen LogP contribution in [0.1, 0.15) is 22.8 Å². The third-order valence-corrected chi connectivity index (χ3v) is 2.13. The van der Waals surface area contributed by atoms with Crippen molar-refractivity contribution in [2.24, 2.45) is 0 Å². The molecule has 4 heteroatoms. The molecule has 0 saturated carbocycles. The molecule has 16 heavy (non-hydrogen) atoms. The monoisotopic (exact) mass is 223 g/mol. The van der Waals surface area contributed by atoms with E-state index >= 15 is 0 Å². The van der Waals surface area contributed by atoms with Gasteiger partial charge in [-0.2, -0.15) is 0 Å². The van der Waals surface area contributed by atoms with Crippen molar-refractivity contribution in [2.75, 3.05) is 19.8 Å². The summed E-state index contributed by atoms with van der Waals surface area (Å²) in [7, 11) is 0. The highest BCUT2D eigenvalue weighted by Crippen LogP contribution is 2.18. The van der Waals surface area contributed by atoms with Gasteiger partial charge < -0.3 is 15.2 Å². The third-order valence-electron chi connectivity index (χ3n) is 2.13. The normalized spacial score (nSPS) is 9.94. The van der Waals surface area contributed by atoms with Crippen LogP contribution >= 0.6 is 0 Å². The summed E-state index contributed by atoms with van der Waals surface area (Å²) in [6.45, 7) is 4.64. The number of aliphatic hydroxyl groups excluding tert-OH is 1. The van der Waals surface area contributed by atoms with E-state index in [-0.39, 0.29) is 19.1 Å². The van der Waals surface area contributed by atoms with Crippen LogP contribution in [0.5, 0.6) is 5.75 Å². The van der Waals surface area contributed by atoms with Gasteiger partial charge in [-0.15, -0.1) is 0 Å². The SMILES string of the molecule is CCOc1ccc(C(=O)NCCO)cc1C. The number of aliphatic hydroxyl groups is 1. The van der Waals surface area contributed by atoms with Gasteiger partial charge in [0.25, 0.3) is 5.91 Å². The molecule has 1 aromatic rings. The van der Waals surface area contributed by atoms with E-state index in [4.69, 9.17) is 9.84 Å². The Morgan fingerprint density at radius 2 is 2.25 bits per heavy atom. The fraction of sp³-hybridized carbons (Fsp3) is 0.417. The van der Waals surface area contributed by atoms with Gasteiger partial charge in [-0.05, 0) is 37.6 Å². The van der Waals surface area contributed by atoms with Crippen molar-refractivity contribution in [3.05, 3.63) is 29.3 Å². The average molecular weight is 223 g/mol. The van der Waals surface area contributed by atoms with Crippen LogP contribution in [-0.4, -0.2) is 30.8 Å². The molecule has 0 atom stereocenters. The maximum Gasteiger partial charge on any atom is 0.251 e. The van der Waals surface area contributed by atoms with Crippen molar-refractivity contribution < 1.29 is 14.6 Å². The van der Waals surface area contributed by atoms with Crippen LogP contribution in [-0.2, 0) is 0 Å². The molecule has 1 aromatic carbocycles. The lowest BCUT2D eigenvalue weighted by molar-refractivity contribution is 0.0944. The maximum atomic E-state index is 11.6. The summed E-state index contributed by atoms with van der Waals surface area (Å²) in [5.41, 5.74) is 1.51. The van der Waals surface area contributed by atoms with E-state index in [0.717, 1.165) is 11.3 Å². The molecule has 2 N–H and O–H groups in total. The summed E-state index contributed by atoms with van der Waals surface area (Å²) < 4.78 is 5.38. The van der Waals surface area contributed by atoms with Crippen LogP contribution in [0.2, 0.25) is 0 Å². The minimum absolute atomic E-state index is 0.0538. The Labute approximate surface area is 95.2 Å². The second-order valence-corrected chi connectivity index (χ2v) is 3.39. The Morgan fingerprint density at radius 3 is 2.81 bits per heavy atom. The molecule has 0 aliphatic rings. The molecular formula is C12H17NO3. The summed E-state index contributed by atoms with van der Waals surface area (Å²) >= 11 is 0. The van der Waals surface area contributed by atoms with Crippen molar-refractivity contribution in [2.45, 2.75) is 13.8 Å². The Kier molecular flexibility index (Phi) is 4.79. The molecule has 0 heterocycles. The summed E-state index contributed by atoms with van der Waals surface area (Å²) in [6, 6.07) is 5.27. The smallest absolute Gasteiger partial charge is 0.251 e. The summed E-state index contributed by atoms with van der Waals surface area (Å²) in [5, 5.41) is 11.2. The first-order valence-corrected chi connectivity index (χ1v) is 5.31. The predicted octanol–water partition coefficient (Wildman–Crippen LogP) is 1.12. The van der Waals surface area contributed by atoms with Gasteiger partial charge in [-0.3, -0.25) is 4.79 Å². The molecule has 0 radical (unpaired) electrons. The van der Waals surface area contributed by atoms with Crippen LogP contribution in [0.25, 0.3) is 0 Å². The first-order valence-electron chi connectivity index (χ1n) is 5.31. The van der Waals surface area contributed by atoms with Gasteiger partial charge in [0.2, 0.25) is 0 Å². The van der Waals surface area contributed by atoms with E-state index in [0.29, 0.717) is 12.2 Å². The second-order valence-electron chi connectivity index (χ2n) is 3.39. The number of rotatable bonds is 5. The highest BCUT2D eigenvalue weighted by atomic mass is 16.5. The molecule has 0 unspecified atom stereocenters. The van der Waals surface area contributed by atoms with Crippen LogP contribution in [0, 0.1) is 6.92 Å². The molecule has 0 aliphatic carbocycles. The first kappa shape index (κ1) is 12.5. The Bertz CT molecular complexity index is 363. The zero-order valence-electron chi connectivity index (χ0n) is 9.62. The van der Waals surface area contributed by atoms with Crippen molar-refractivity contribution >= 4 is 5.91 Å². The standard InChI is InChI=1S/C12H17NO3/c1-3-16-11-5-4-10(8-9(11)2)12(15)13-6-7-14/h4-5,8,14H,3,6-7H2,1-2H3,(H,13,15). The lowest BCUT2D eigenvalue weighted by Gasteiger charge is -2.09. The molecule has 0 bridgehead atoms. The Balaban J connectivity index is 2.76. The third kappa shape index (κ3) is 3.24. The van der Waals surface area contributed by atoms with E-state index in [1.165, 1.54) is 0 Å². The predicted molar refractivity (Wildman–Crippen MR) is 61.8 cm³/mol. The number of hydrogen-bond donors (Lipinski definition) is 2. The van der Waals surface area contributed by atoms with Gasteiger partial charge in [-0.1, -0.05) is 0 Å². The van der Waals surface area contributed by atoms with Crippen LogP contribution in [0.15, 0.2) is 18.2 Å². The van der Waals surface area contributed by atoms with Crippen molar-refractivity contribution in [1.82, 2.24) is 5.32 Å². The van der Waals surface area contributed by atoms with E-state index in [1.807, 2.05) is 13.8 Å². The van der Waals surface area contributed by atoms with E-state index in [9.17, 15) is 4.79 Å². The van der Waals surface area contributed by atoms with Crippen LogP contribution < -0.4 is 10.1 Å². The molecule has 0 fully saturated rings. The number of carbonyl (C=O) groups is 1. The van der Waals surface area contributed by atoms with Crippen LogP contribution in [0.4, 0.5) is 0 Å². The number of nitrogens with one attached hydrogen (secondary N) is 1. The zero-order chi connectivity index (χ0) is 12.0. The van der Waals surface area contributed by atoms with Gasteiger partial charge in [0, 0.05) is 12.1 Å². The summed E-state index contributed by atoms with van der Waals surface area (Å²) in [6.07, 6.45) is 0. The van der Waals surface area contributed by atoms with Gasteiger partial charge in [0.1, 0.15) is 5.75 Å². The lowest BCUT2D eigenvalue weighted by atomic mass is 10.1. The van der Waals surface area contributed by atoms with Gasteiger partial charge >= 0.3 is 0 Å². The topological polar surface area (TPSA) is 58.6 Å². The van der Waals surface area contributed by atoms with Gasteiger partial charge in [0.15, 0.2) is 0 Å². The highest BCUT2D eigenvalue weighted by Gasteiger charge is 2.07. The molecular weight excluding hydrogens is 206 g/mol. The minimum Gasteiger partial charge on any atom is -0.494 e. The first-order chi connectivity index (χ1) is 7.69. The quantitative estimate of drug-likeness (QED) is 0.786. The van der Waals surface area contributed by atoms with Gasteiger partial charge in [-0.25, -0.2) is 0 Å². The molecule has 0 spiro atoms. The second kappa shape index (κ2) is 6.12. The number of hydrogen-bond acceptors (Lipinski definition) is 3. The van der Waals surface area contributed by atoms with Crippen molar-refractivity contribution in [3.8, 4) is 5.75 Å². The molecule has 4 nitrogen and oxygen atoms in total. The maximum absolute atomic E-state index is 11.6. The van der Waals surface area contributed by atoms with Crippen molar-refractivity contribution in [1.29, 1.82) is 0 Å². The van der Waals surface area contributed by atoms with E-state index in [1.54, 1.807) is 18.2 Å². The number of carbonyl (C=O) groups excluding carboxylic acids is 1. The molecule has 1 rings (SSSR count). The average Bonchev–Trinajstić information content (AvgIpc) is 2.29. The minimum atomic E-state index is -0.180. The summed E-state index contributed by atoms with van der Waals surface area (Å²) in [4.78, 5) is 11.6. The van der Waals surface area contributed by atoms with E-state index < -0.39 is 0 Å². The van der Waals surface area contributed by atoms with Gasteiger partial charge in [0.05, 0.1) is 13.2 Å². The fourth-order valence-electron chi connectivity index (χ4n) is 1.38. The summed E-state index contributed by atoms with van der Waals surface area (Å²) in [5.74, 6) is 0.612. The number of ether oxygens (including phenoxy) is 1. The number of aryl methyl sites for hydroxylation is 1. The Morgan fingerprint density at radius 1 is 1.50 bits per heavy atom. The van der Waals surface area contributed by atoms with E-state index in [2.05, 4.69) is 5.32 Å². The molecule has 1 amide bonds. The molecule has 0 aliphatic heterocycles. The Hall–Kier alpha value is -1.55. The number of benzene rings is 1. The molecule has 0 aromatic heterocycles.